The van der Waals surface area contributed by atoms with E-state index in [2.05, 4.69) is 20.3 Å². The van der Waals surface area contributed by atoms with Crippen molar-refractivity contribution >= 4 is 34.0 Å². The van der Waals surface area contributed by atoms with Crippen molar-refractivity contribution in [3.05, 3.63) is 71.5 Å². The van der Waals surface area contributed by atoms with E-state index in [9.17, 15) is 4.39 Å². The Morgan fingerprint density at radius 3 is 2.82 bits per heavy atom. The summed E-state index contributed by atoms with van der Waals surface area (Å²) in [6, 6.07) is 11.8. The molecule has 0 aliphatic carbocycles. The van der Waals surface area contributed by atoms with Crippen molar-refractivity contribution in [2.75, 3.05) is 12.4 Å². The van der Waals surface area contributed by atoms with Gasteiger partial charge in [-0.25, -0.2) is 14.4 Å². The molecule has 28 heavy (non-hydrogen) atoms. The molecule has 0 aliphatic heterocycles. The summed E-state index contributed by atoms with van der Waals surface area (Å²) in [4.78, 5) is 11.7. The molecule has 2 heterocycles. The molecule has 2 aromatic heterocycles. The van der Waals surface area contributed by atoms with Crippen LogP contribution >= 0.6 is 11.6 Å². The third kappa shape index (κ3) is 3.70. The highest BCUT2D eigenvalue weighted by atomic mass is 35.5. The van der Waals surface area contributed by atoms with Gasteiger partial charge in [-0.15, -0.1) is 0 Å². The second-order valence-corrected chi connectivity index (χ2v) is 6.39. The number of methoxy groups -OCH3 is 1. The summed E-state index contributed by atoms with van der Waals surface area (Å²) in [7, 11) is 1.58. The maximum atomic E-state index is 13.5. The highest BCUT2D eigenvalue weighted by Gasteiger charge is 2.14. The maximum Gasteiger partial charge on any atom is 0.145 e. The van der Waals surface area contributed by atoms with E-state index < -0.39 is 5.82 Å². The average molecular weight is 399 g/mol. The lowest BCUT2D eigenvalue weighted by atomic mass is 10.2. The van der Waals surface area contributed by atoms with Crippen LogP contribution in [0.3, 0.4) is 0 Å². The molecule has 0 fully saturated rings. The van der Waals surface area contributed by atoms with E-state index in [0.29, 0.717) is 40.5 Å². The van der Waals surface area contributed by atoms with Gasteiger partial charge < -0.3 is 19.8 Å². The molecule has 0 atom stereocenters. The number of aromatic nitrogens is 3. The lowest BCUT2D eigenvalue weighted by Gasteiger charge is -2.14. The standard InChI is InChI=1S/C20H16ClFN4O2/c1-27-14-8-17-19(18(9-14)28-10-13-3-2-6-23-13)20(25-11-24-17)26-12-4-5-16(22)15(21)7-12/h2-9,11,23H,10H2,1H3,(H,24,25,26). The van der Waals surface area contributed by atoms with Gasteiger partial charge in [0.1, 0.15) is 36.1 Å². The molecule has 142 valence electrons. The number of benzene rings is 2. The molecule has 2 aromatic carbocycles. The van der Waals surface area contributed by atoms with Gasteiger partial charge in [-0.1, -0.05) is 11.6 Å². The van der Waals surface area contributed by atoms with Gasteiger partial charge in [-0.05, 0) is 30.3 Å². The largest absolute Gasteiger partial charge is 0.497 e. The summed E-state index contributed by atoms with van der Waals surface area (Å²) in [5.41, 5.74) is 2.16. The van der Waals surface area contributed by atoms with E-state index in [0.717, 1.165) is 5.69 Å². The molecule has 0 amide bonds. The minimum absolute atomic E-state index is 0.0215. The Balaban J connectivity index is 1.76. The summed E-state index contributed by atoms with van der Waals surface area (Å²) >= 11 is 5.88. The first-order chi connectivity index (χ1) is 13.6. The average Bonchev–Trinajstić information content (AvgIpc) is 3.22. The number of H-pyrrole nitrogens is 1. The summed E-state index contributed by atoms with van der Waals surface area (Å²) in [5, 5.41) is 3.85. The minimum atomic E-state index is -0.487. The van der Waals surface area contributed by atoms with Gasteiger partial charge in [0.15, 0.2) is 0 Å². The van der Waals surface area contributed by atoms with Crippen LogP contribution < -0.4 is 14.8 Å². The van der Waals surface area contributed by atoms with Crippen LogP contribution in [0.5, 0.6) is 11.5 Å². The molecule has 0 saturated heterocycles. The number of nitrogens with zero attached hydrogens (tertiary/aromatic N) is 2. The number of aromatic amines is 1. The molecule has 8 heteroatoms. The second-order valence-electron chi connectivity index (χ2n) is 5.98. The molecule has 0 saturated carbocycles. The molecule has 0 bridgehead atoms. The van der Waals surface area contributed by atoms with E-state index in [1.807, 2.05) is 18.3 Å². The van der Waals surface area contributed by atoms with Gasteiger partial charge in [0.2, 0.25) is 0 Å². The van der Waals surface area contributed by atoms with Crippen LogP contribution in [0.25, 0.3) is 10.9 Å². The summed E-state index contributed by atoms with van der Waals surface area (Å²) in [5.74, 6) is 1.19. The highest BCUT2D eigenvalue weighted by Crippen LogP contribution is 2.36. The normalized spacial score (nSPS) is 10.8. The van der Waals surface area contributed by atoms with Crippen molar-refractivity contribution in [3.8, 4) is 11.5 Å². The van der Waals surface area contributed by atoms with Crippen LogP contribution in [-0.2, 0) is 6.61 Å². The number of halogens is 2. The number of hydrogen-bond donors (Lipinski definition) is 2. The van der Waals surface area contributed by atoms with E-state index in [1.165, 1.54) is 18.5 Å². The Hall–Kier alpha value is -3.32. The third-order valence-electron chi connectivity index (χ3n) is 4.14. The van der Waals surface area contributed by atoms with Crippen molar-refractivity contribution in [1.29, 1.82) is 0 Å². The molecule has 0 unspecified atom stereocenters. The molecule has 4 rings (SSSR count). The monoisotopic (exact) mass is 398 g/mol. The van der Waals surface area contributed by atoms with Gasteiger partial charge in [-0.3, -0.25) is 0 Å². The van der Waals surface area contributed by atoms with Crippen molar-refractivity contribution < 1.29 is 13.9 Å². The Labute approximate surface area is 165 Å². The summed E-state index contributed by atoms with van der Waals surface area (Å²) in [6.45, 7) is 0.339. The molecule has 0 aliphatic rings. The van der Waals surface area contributed by atoms with E-state index >= 15 is 0 Å². The van der Waals surface area contributed by atoms with Crippen LogP contribution in [-0.4, -0.2) is 22.1 Å². The number of ether oxygens (including phenoxy) is 2. The number of nitrogens with one attached hydrogen (secondary N) is 2. The molecular formula is C20H16ClFN4O2. The van der Waals surface area contributed by atoms with Crippen LogP contribution in [0.4, 0.5) is 15.9 Å². The SMILES string of the molecule is COc1cc(OCc2ccc[nH]2)c2c(Nc3ccc(F)c(Cl)c3)ncnc2c1. The molecule has 0 radical (unpaired) electrons. The zero-order valence-corrected chi connectivity index (χ0v) is 15.6. The van der Waals surface area contributed by atoms with Crippen molar-refractivity contribution in [2.45, 2.75) is 6.61 Å². The second kappa shape index (κ2) is 7.74. The Kier molecular flexibility index (Phi) is 4.99. The Morgan fingerprint density at radius 2 is 2.07 bits per heavy atom. The quantitative estimate of drug-likeness (QED) is 0.473. The molecular weight excluding hydrogens is 383 g/mol. The molecule has 0 spiro atoms. The lowest BCUT2D eigenvalue weighted by Crippen LogP contribution is -2.01. The zero-order valence-electron chi connectivity index (χ0n) is 14.9. The number of hydrogen-bond acceptors (Lipinski definition) is 5. The lowest BCUT2D eigenvalue weighted by molar-refractivity contribution is 0.303. The van der Waals surface area contributed by atoms with Gasteiger partial charge in [-0.2, -0.15) is 0 Å². The van der Waals surface area contributed by atoms with Crippen LogP contribution in [0.2, 0.25) is 5.02 Å². The Bertz CT molecular complexity index is 1120. The topological polar surface area (TPSA) is 72.1 Å². The fraction of sp³-hybridized carbons (Fsp3) is 0.100. The van der Waals surface area contributed by atoms with Gasteiger partial charge in [0.05, 0.1) is 28.7 Å². The van der Waals surface area contributed by atoms with Crippen LogP contribution in [0.1, 0.15) is 5.69 Å². The van der Waals surface area contributed by atoms with Crippen molar-refractivity contribution in [3.63, 3.8) is 0 Å². The predicted molar refractivity (Wildman–Crippen MR) is 106 cm³/mol. The first-order valence-corrected chi connectivity index (χ1v) is 8.82. The zero-order chi connectivity index (χ0) is 19.5. The van der Waals surface area contributed by atoms with Gasteiger partial charge in [0, 0.05) is 24.0 Å². The van der Waals surface area contributed by atoms with Gasteiger partial charge in [0.25, 0.3) is 0 Å². The van der Waals surface area contributed by atoms with Crippen LogP contribution in [0.15, 0.2) is 55.0 Å². The summed E-state index contributed by atoms with van der Waals surface area (Å²) in [6.07, 6.45) is 3.26. The fourth-order valence-corrected chi connectivity index (χ4v) is 2.96. The first kappa shape index (κ1) is 18.1. The van der Waals surface area contributed by atoms with E-state index in [-0.39, 0.29) is 5.02 Å². The fourth-order valence-electron chi connectivity index (χ4n) is 2.78. The van der Waals surface area contributed by atoms with Gasteiger partial charge >= 0.3 is 0 Å². The number of anilines is 2. The van der Waals surface area contributed by atoms with Crippen molar-refractivity contribution in [2.24, 2.45) is 0 Å². The molecule has 6 nitrogen and oxygen atoms in total. The number of fused-ring (bicyclic) bond motifs is 1. The summed E-state index contributed by atoms with van der Waals surface area (Å²) < 4.78 is 24.8. The maximum absolute atomic E-state index is 13.5. The van der Waals surface area contributed by atoms with E-state index in [1.54, 1.807) is 25.3 Å². The highest BCUT2D eigenvalue weighted by molar-refractivity contribution is 6.31. The van der Waals surface area contributed by atoms with Crippen LogP contribution in [0, 0.1) is 5.82 Å². The molecule has 2 N–H and O–H groups in total. The molecule has 4 aromatic rings. The third-order valence-corrected chi connectivity index (χ3v) is 4.43. The minimum Gasteiger partial charge on any atom is -0.497 e. The number of rotatable bonds is 6. The Morgan fingerprint density at radius 1 is 1.18 bits per heavy atom. The first-order valence-electron chi connectivity index (χ1n) is 8.44. The smallest absolute Gasteiger partial charge is 0.145 e. The van der Waals surface area contributed by atoms with E-state index in [4.69, 9.17) is 21.1 Å². The predicted octanol–water partition coefficient (Wildman–Crippen LogP) is 5.08. The van der Waals surface area contributed by atoms with Crippen molar-refractivity contribution in [1.82, 2.24) is 15.0 Å².